The molecule has 0 fully saturated rings. The largest absolute Gasteiger partial charge is 0.497 e. The summed E-state index contributed by atoms with van der Waals surface area (Å²) in [5.74, 6) is 1.76. The number of benzene rings is 2. The van der Waals surface area contributed by atoms with E-state index in [0.717, 1.165) is 35.3 Å². The highest BCUT2D eigenvalue weighted by atomic mass is 32.2. The summed E-state index contributed by atoms with van der Waals surface area (Å²) >= 11 is 1.24. The second-order valence-corrected chi connectivity index (χ2v) is 8.19. The van der Waals surface area contributed by atoms with E-state index in [1.54, 1.807) is 21.3 Å². The fourth-order valence-corrected chi connectivity index (χ4v) is 4.04. The first-order chi connectivity index (χ1) is 15.5. The molecular weight excluding hydrogens is 430 g/mol. The number of methoxy groups -OCH3 is 3. The van der Waals surface area contributed by atoms with Crippen molar-refractivity contribution < 1.29 is 28.9 Å². The van der Waals surface area contributed by atoms with Crippen LogP contribution >= 0.6 is 11.8 Å². The summed E-state index contributed by atoms with van der Waals surface area (Å²) < 4.78 is 16.5. The molecule has 174 valence electrons. The first-order valence-electron chi connectivity index (χ1n) is 10.4. The van der Waals surface area contributed by atoms with Crippen molar-refractivity contribution >= 4 is 23.6 Å². The zero-order chi connectivity index (χ0) is 23.3. The van der Waals surface area contributed by atoms with Gasteiger partial charge in [-0.25, -0.2) is 0 Å². The molecule has 1 amide bonds. The smallest absolute Gasteiger partial charge is 0.313 e. The van der Waals surface area contributed by atoms with Crippen LogP contribution in [-0.4, -0.2) is 56.4 Å². The van der Waals surface area contributed by atoms with Crippen LogP contribution < -0.4 is 19.5 Å². The Morgan fingerprint density at radius 3 is 2.50 bits per heavy atom. The van der Waals surface area contributed by atoms with Crippen molar-refractivity contribution in [2.45, 2.75) is 25.7 Å². The van der Waals surface area contributed by atoms with Gasteiger partial charge in [-0.05, 0) is 48.6 Å². The molecule has 2 aromatic rings. The minimum absolute atomic E-state index is 0.00950. The summed E-state index contributed by atoms with van der Waals surface area (Å²) in [7, 11) is 4.90. The van der Waals surface area contributed by atoms with Crippen LogP contribution in [0, 0.1) is 0 Å². The molecule has 2 N–H and O–H groups in total. The normalized spacial score (nSPS) is 10.5. The van der Waals surface area contributed by atoms with E-state index in [0.29, 0.717) is 36.6 Å². The molecule has 2 rings (SSSR count). The monoisotopic (exact) mass is 461 g/mol. The van der Waals surface area contributed by atoms with Crippen LogP contribution in [0.25, 0.3) is 0 Å². The number of nitrogens with one attached hydrogen (secondary N) is 1. The predicted molar refractivity (Wildman–Crippen MR) is 126 cm³/mol. The third-order valence-electron chi connectivity index (χ3n) is 4.96. The lowest BCUT2D eigenvalue weighted by molar-refractivity contribution is -0.134. The van der Waals surface area contributed by atoms with Crippen molar-refractivity contribution in [3.63, 3.8) is 0 Å². The number of carboxylic acid groups (broad SMARTS) is 1. The Kier molecular flexibility index (Phi) is 10.7. The first kappa shape index (κ1) is 25.4. The highest BCUT2D eigenvalue weighted by molar-refractivity contribution is 7.99. The van der Waals surface area contributed by atoms with Gasteiger partial charge in [-0.3, -0.25) is 9.59 Å². The predicted octanol–water partition coefficient (Wildman–Crippen LogP) is 3.36. The van der Waals surface area contributed by atoms with Gasteiger partial charge in [0.2, 0.25) is 5.91 Å². The molecule has 7 nitrogen and oxygen atoms in total. The number of rotatable bonds is 14. The van der Waals surface area contributed by atoms with E-state index in [-0.39, 0.29) is 11.7 Å². The highest BCUT2D eigenvalue weighted by Gasteiger charge is 2.15. The molecule has 2 aromatic carbocycles. The highest BCUT2D eigenvalue weighted by Crippen LogP contribution is 2.34. The van der Waals surface area contributed by atoms with Crippen LogP contribution in [0.3, 0.4) is 0 Å². The van der Waals surface area contributed by atoms with E-state index in [9.17, 15) is 9.59 Å². The molecule has 0 heterocycles. The molecule has 0 atom stereocenters. The van der Waals surface area contributed by atoms with Gasteiger partial charge in [-0.15, -0.1) is 11.8 Å². The summed E-state index contributed by atoms with van der Waals surface area (Å²) in [6.45, 7) is 0.490. The van der Waals surface area contributed by atoms with Crippen LogP contribution in [0.1, 0.15) is 23.1 Å². The van der Waals surface area contributed by atoms with E-state index in [2.05, 4.69) is 11.4 Å². The second kappa shape index (κ2) is 13.5. The number of hydrogen-bond acceptors (Lipinski definition) is 6. The van der Waals surface area contributed by atoms with Crippen molar-refractivity contribution in [3.05, 3.63) is 53.1 Å². The average molecular weight is 462 g/mol. The van der Waals surface area contributed by atoms with Crippen molar-refractivity contribution in [1.82, 2.24) is 5.32 Å². The zero-order valence-corrected chi connectivity index (χ0v) is 19.6. The van der Waals surface area contributed by atoms with Gasteiger partial charge in [-0.1, -0.05) is 18.2 Å². The number of amides is 1. The molecule has 0 aliphatic rings. The first-order valence-corrected chi connectivity index (χ1v) is 11.6. The Labute approximate surface area is 193 Å². The molecule has 8 heteroatoms. The minimum Gasteiger partial charge on any atom is -0.497 e. The van der Waals surface area contributed by atoms with Crippen molar-refractivity contribution in [1.29, 1.82) is 0 Å². The number of carbonyl (C=O) groups excluding carboxylic acids is 1. The van der Waals surface area contributed by atoms with Gasteiger partial charge in [0.1, 0.15) is 5.75 Å². The molecule has 32 heavy (non-hydrogen) atoms. The number of carbonyl (C=O) groups is 2. The maximum atomic E-state index is 12.0. The summed E-state index contributed by atoms with van der Waals surface area (Å²) in [6.07, 6.45) is 2.51. The molecule has 0 aromatic heterocycles. The number of ether oxygens (including phenoxy) is 3. The summed E-state index contributed by atoms with van der Waals surface area (Å²) in [5, 5.41) is 11.6. The van der Waals surface area contributed by atoms with Gasteiger partial charge in [-0.2, -0.15) is 0 Å². The molecule has 0 bridgehead atoms. The number of aryl methyl sites for hydroxylation is 1. The summed E-state index contributed by atoms with van der Waals surface area (Å²) in [6, 6.07) is 11.9. The molecular formula is C24H31NO6S. The van der Waals surface area contributed by atoms with Crippen LogP contribution in [0.4, 0.5) is 0 Å². The maximum Gasteiger partial charge on any atom is 0.313 e. The fourth-order valence-electron chi connectivity index (χ4n) is 3.39. The number of thioether (sulfide) groups is 1. The Morgan fingerprint density at radius 2 is 1.81 bits per heavy atom. The number of carboxylic acids is 1. The molecule has 0 saturated heterocycles. The van der Waals surface area contributed by atoms with Gasteiger partial charge in [0.15, 0.2) is 11.5 Å². The molecule has 0 saturated carbocycles. The van der Waals surface area contributed by atoms with E-state index in [1.807, 2.05) is 30.3 Å². The lowest BCUT2D eigenvalue weighted by Gasteiger charge is -2.17. The van der Waals surface area contributed by atoms with E-state index in [1.165, 1.54) is 11.8 Å². The van der Waals surface area contributed by atoms with Crippen molar-refractivity contribution in [3.8, 4) is 17.2 Å². The topological polar surface area (TPSA) is 94.1 Å². The van der Waals surface area contributed by atoms with Crippen LogP contribution in [-0.2, 0) is 28.9 Å². The third kappa shape index (κ3) is 8.00. The molecule has 0 unspecified atom stereocenters. The van der Waals surface area contributed by atoms with Gasteiger partial charge in [0.05, 0.1) is 27.1 Å². The van der Waals surface area contributed by atoms with E-state index < -0.39 is 5.97 Å². The van der Waals surface area contributed by atoms with Crippen molar-refractivity contribution in [2.24, 2.45) is 0 Å². The third-order valence-corrected chi connectivity index (χ3v) is 5.90. The second-order valence-electron chi connectivity index (χ2n) is 7.09. The van der Waals surface area contributed by atoms with Gasteiger partial charge >= 0.3 is 5.97 Å². The summed E-state index contributed by atoms with van der Waals surface area (Å²) in [4.78, 5) is 22.6. The van der Waals surface area contributed by atoms with Crippen LogP contribution in [0.5, 0.6) is 17.2 Å². The number of aliphatic carboxylic acids is 1. The lowest BCUT2D eigenvalue weighted by atomic mass is 9.96. The Balaban J connectivity index is 2.03. The quantitative estimate of drug-likeness (QED) is 0.417. The van der Waals surface area contributed by atoms with Gasteiger partial charge in [0, 0.05) is 24.3 Å². The lowest BCUT2D eigenvalue weighted by Crippen LogP contribution is -2.26. The SMILES string of the molecule is COc1cccc(CCc2c(CCNC(=O)CCSCC(=O)O)ccc(OC)c2OC)c1. The molecule has 0 aliphatic heterocycles. The summed E-state index contributed by atoms with van der Waals surface area (Å²) in [5.41, 5.74) is 3.30. The zero-order valence-electron chi connectivity index (χ0n) is 18.8. The van der Waals surface area contributed by atoms with Crippen LogP contribution in [0.2, 0.25) is 0 Å². The fraction of sp³-hybridized carbons (Fsp3) is 0.417. The van der Waals surface area contributed by atoms with Crippen LogP contribution in [0.15, 0.2) is 36.4 Å². The molecule has 0 aliphatic carbocycles. The van der Waals surface area contributed by atoms with Gasteiger partial charge in [0.25, 0.3) is 0 Å². The Hall–Kier alpha value is -2.87. The minimum atomic E-state index is -0.870. The standard InChI is InChI=1S/C24H31NO6S/c1-29-19-6-4-5-17(15-19)7-9-20-18(8-10-21(30-2)24(20)31-3)11-13-25-22(26)12-14-32-16-23(27)28/h4-6,8,10,15H,7,9,11-14,16H2,1-3H3,(H,25,26)(H,27,28). The van der Waals surface area contributed by atoms with E-state index >= 15 is 0 Å². The molecule has 0 spiro atoms. The maximum absolute atomic E-state index is 12.0. The Bertz CT molecular complexity index is 902. The Morgan fingerprint density at radius 1 is 1.00 bits per heavy atom. The van der Waals surface area contributed by atoms with Crippen molar-refractivity contribution in [2.75, 3.05) is 39.4 Å². The number of hydrogen-bond donors (Lipinski definition) is 2. The van der Waals surface area contributed by atoms with E-state index in [4.69, 9.17) is 19.3 Å². The average Bonchev–Trinajstić information content (AvgIpc) is 2.80. The van der Waals surface area contributed by atoms with Gasteiger partial charge < -0.3 is 24.6 Å². The molecule has 0 radical (unpaired) electrons.